The van der Waals surface area contributed by atoms with Crippen LogP contribution in [0.3, 0.4) is 0 Å². The fourth-order valence-corrected chi connectivity index (χ4v) is 3.56. The van der Waals surface area contributed by atoms with Crippen molar-refractivity contribution < 1.29 is 14.3 Å². The first-order chi connectivity index (χ1) is 12.5. The van der Waals surface area contributed by atoms with Gasteiger partial charge >= 0.3 is 6.09 Å². The van der Waals surface area contributed by atoms with E-state index in [-0.39, 0.29) is 12.1 Å². The van der Waals surface area contributed by atoms with Gasteiger partial charge in [-0.15, -0.1) is 0 Å². The molecule has 1 fully saturated rings. The van der Waals surface area contributed by atoms with Crippen LogP contribution >= 0.6 is 23.2 Å². The number of methoxy groups -OCH3 is 1. The highest BCUT2D eigenvalue weighted by Gasteiger charge is 2.24. The maximum Gasteiger partial charge on any atom is 0.414 e. The normalized spacial score (nSPS) is 15.1. The Balaban J connectivity index is 1.73. The van der Waals surface area contributed by atoms with Gasteiger partial charge in [0.1, 0.15) is 12.4 Å². The van der Waals surface area contributed by atoms with Crippen LogP contribution < -0.4 is 15.0 Å². The second-order valence-electron chi connectivity index (χ2n) is 6.04. The number of carbonyl (C=O) groups excluding carboxylic acids is 1. The third-order valence-corrected chi connectivity index (χ3v) is 4.83. The van der Waals surface area contributed by atoms with Crippen LogP contribution in [0, 0.1) is 0 Å². The van der Waals surface area contributed by atoms with Crippen molar-refractivity contribution in [3.8, 4) is 5.75 Å². The minimum absolute atomic E-state index is 0.0519. The molecular weight excluding hydrogens is 375 g/mol. The molecule has 5 nitrogen and oxygen atoms in total. The molecule has 1 heterocycles. The van der Waals surface area contributed by atoms with Gasteiger partial charge in [0.2, 0.25) is 0 Å². The van der Waals surface area contributed by atoms with Gasteiger partial charge in [-0.25, -0.2) is 4.79 Å². The molecule has 0 bridgehead atoms. The summed E-state index contributed by atoms with van der Waals surface area (Å²) in [5, 5.41) is 4.49. The Morgan fingerprint density at radius 3 is 2.81 bits per heavy atom. The zero-order chi connectivity index (χ0) is 18.7. The lowest BCUT2D eigenvalue weighted by molar-refractivity contribution is 0.181. The molecule has 138 valence electrons. The minimum atomic E-state index is -0.305. The van der Waals surface area contributed by atoms with Gasteiger partial charge in [0.15, 0.2) is 0 Å². The zero-order valence-corrected chi connectivity index (χ0v) is 16.1. The second-order valence-corrected chi connectivity index (χ2v) is 6.89. The van der Waals surface area contributed by atoms with Gasteiger partial charge in [-0.1, -0.05) is 35.3 Å². The van der Waals surface area contributed by atoms with Crippen LogP contribution in [0.5, 0.6) is 5.75 Å². The quantitative estimate of drug-likeness (QED) is 0.763. The van der Waals surface area contributed by atoms with Gasteiger partial charge in [0.25, 0.3) is 0 Å². The Hall–Kier alpha value is -1.95. The molecular formula is C19H20Cl2N2O3. The summed E-state index contributed by atoms with van der Waals surface area (Å²) in [5.74, 6) is 0.615. The molecule has 0 saturated carbocycles. The molecule has 1 aliphatic heterocycles. The van der Waals surface area contributed by atoms with Crippen LogP contribution in [0.1, 0.15) is 24.1 Å². The van der Waals surface area contributed by atoms with Crippen LogP contribution in [-0.2, 0) is 11.3 Å². The number of hydrogen-bond acceptors (Lipinski definition) is 4. The molecule has 0 aliphatic carbocycles. The Morgan fingerprint density at radius 2 is 2.12 bits per heavy atom. The third kappa shape index (κ3) is 4.06. The molecule has 1 N–H and O–H groups in total. The van der Waals surface area contributed by atoms with Crippen molar-refractivity contribution in [3.63, 3.8) is 0 Å². The van der Waals surface area contributed by atoms with Crippen molar-refractivity contribution in [2.45, 2.75) is 19.5 Å². The molecule has 2 aromatic carbocycles. The first kappa shape index (κ1) is 18.8. The first-order valence-electron chi connectivity index (χ1n) is 8.29. The number of carbonyl (C=O) groups is 1. The monoisotopic (exact) mass is 394 g/mol. The van der Waals surface area contributed by atoms with Crippen molar-refractivity contribution in [3.05, 3.63) is 57.6 Å². The summed E-state index contributed by atoms with van der Waals surface area (Å²) in [6, 6.07) is 11.4. The van der Waals surface area contributed by atoms with E-state index in [9.17, 15) is 4.79 Å². The van der Waals surface area contributed by atoms with Gasteiger partial charge in [-0.3, -0.25) is 4.90 Å². The third-order valence-electron chi connectivity index (χ3n) is 4.33. The fourth-order valence-electron chi connectivity index (χ4n) is 2.94. The Morgan fingerprint density at radius 1 is 1.31 bits per heavy atom. The van der Waals surface area contributed by atoms with E-state index >= 15 is 0 Å². The topological polar surface area (TPSA) is 50.8 Å². The average Bonchev–Trinajstić information content (AvgIpc) is 3.05. The van der Waals surface area contributed by atoms with Gasteiger partial charge in [-0.05, 0) is 36.8 Å². The number of ether oxygens (including phenoxy) is 2. The van der Waals surface area contributed by atoms with E-state index in [0.29, 0.717) is 35.5 Å². The number of cyclic esters (lactones) is 1. The average molecular weight is 395 g/mol. The number of rotatable bonds is 6. The van der Waals surface area contributed by atoms with Crippen LogP contribution in [0.15, 0.2) is 36.4 Å². The van der Waals surface area contributed by atoms with Gasteiger partial charge in [0.05, 0.1) is 18.7 Å². The second kappa shape index (κ2) is 8.16. The maximum absolute atomic E-state index is 11.8. The highest BCUT2D eigenvalue weighted by atomic mass is 35.5. The summed E-state index contributed by atoms with van der Waals surface area (Å²) in [4.78, 5) is 13.4. The summed E-state index contributed by atoms with van der Waals surface area (Å²) in [5.41, 5.74) is 2.78. The van der Waals surface area contributed by atoms with Crippen molar-refractivity contribution in [1.82, 2.24) is 5.32 Å². The molecule has 1 aliphatic rings. The highest BCUT2D eigenvalue weighted by Crippen LogP contribution is 2.32. The molecule has 7 heteroatoms. The number of nitrogens with one attached hydrogen (secondary N) is 1. The van der Waals surface area contributed by atoms with Crippen LogP contribution in [-0.4, -0.2) is 26.4 Å². The van der Waals surface area contributed by atoms with E-state index in [2.05, 4.69) is 12.2 Å². The number of anilines is 1. The summed E-state index contributed by atoms with van der Waals surface area (Å²) >= 11 is 12.3. The summed E-state index contributed by atoms with van der Waals surface area (Å²) in [6.07, 6.45) is -0.305. The minimum Gasteiger partial charge on any atom is -0.495 e. The van der Waals surface area contributed by atoms with Gasteiger partial charge < -0.3 is 14.8 Å². The maximum atomic E-state index is 11.8. The van der Waals surface area contributed by atoms with Crippen molar-refractivity contribution in [2.24, 2.45) is 0 Å². The zero-order valence-electron chi connectivity index (χ0n) is 14.6. The lowest BCUT2D eigenvalue weighted by Gasteiger charge is -2.19. The number of hydrogen-bond donors (Lipinski definition) is 1. The lowest BCUT2D eigenvalue weighted by atomic mass is 10.1. The van der Waals surface area contributed by atoms with E-state index in [1.54, 1.807) is 18.1 Å². The van der Waals surface area contributed by atoms with Gasteiger partial charge in [0, 0.05) is 28.9 Å². The molecule has 1 saturated heterocycles. The predicted octanol–water partition coefficient (Wildman–Crippen LogP) is 4.81. The van der Waals surface area contributed by atoms with Crippen molar-refractivity contribution >= 4 is 35.0 Å². The van der Waals surface area contributed by atoms with Crippen LogP contribution in [0.4, 0.5) is 10.5 Å². The summed E-state index contributed by atoms with van der Waals surface area (Å²) in [6.45, 7) is 3.59. The Bertz CT molecular complexity index is 813. The molecule has 0 radical (unpaired) electrons. The Labute approximate surface area is 162 Å². The molecule has 3 rings (SSSR count). The summed E-state index contributed by atoms with van der Waals surface area (Å²) < 4.78 is 10.4. The van der Waals surface area contributed by atoms with E-state index in [0.717, 1.165) is 16.8 Å². The molecule has 0 spiro atoms. The van der Waals surface area contributed by atoms with Crippen LogP contribution in [0.2, 0.25) is 10.0 Å². The van der Waals surface area contributed by atoms with E-state index < -0.39 is 0 Å². The van der Waals surface area contributed by atoms with Gasteiger partial charge in [-0.2, -0.15) is 0 Å². The largest absolute Gasteiger partial charge is 0.495 e. The molecule has 0 aromatic heterocycles. The predicted molar refractivity (Wildman–Crippen MR) is 103 cm³/mol. The van der Waals surface area contributed by atoms with Crippen LogP contribution in [0.25, 0.3) is 0 Å². The molecule has 1 amide bonds. The first-order valence-corrected chi connectivity index (χ1v) is 9.04. The van der Waals surface area contributed by atoms with E-state index in [1.807, 2.05) is 30.3 Å². The number of amides is 1. The van der Waals surface area contributed by atoms with Crippen molar-refractivity contribution in [2.75, 3.05) is 25.2 Å². The van der Waals surface area contributed by atoms with E-state index in [1.165, 1.54) is 0 Å². The number of halogens is 2. The summed E-state index contributed by atoms with van der Waals surface area (Å²) in [7, 11) is 1.58. The molecule has 26 heavy (non-hydrogen) atoms. The molecule has 2 aromatic rings. The molecule has 1 atom stereocenters. The smallest absolute Gasteiger partial charge is 0.414 e. The fraction of sp³-hybridized carbons (Fsp3) is 0.316. The van der Waals surface area contributed by atoms with E-state index in [4.69, 9.17) is 32.7 Å². The van der Waals surface area contributed by atoms with Crippen molar-refractivity contribution in [1.29, 1.82) is 0 Å². The standard InChI is InChI=1S/C19H20Cl2N2O3/c1-12(22-11-14-8-15(20)10-17(21)18(14)25-2)13-4-3-5-16(9-13)23-6-7-26-19(23)24/h3-5,8-10,12,22H,6-7,11H2,1-2H3. The molecule has 1 unspecified atom stereocenters. The highest BCUT2D eigenvalue weighted by molar-refractivity contribution is 6.35. The Kier molecular flexibility index (Phi) is 5.91. The lowest BCUT2D eigenvalue weighted by Crippen LogP contribution is -2.24. The number of nitrogens with zero attached hydrogens (tertiary/aromatic N) is 1. The number of benzene rings is 2. The SMILES string of the molecule is COc1c(Cl)cc(Cl)cc1CNC(C)c1cccc(N2CCOC2=O)c1.